The van der Waals surface area contributed by atoms with Crippen LogP contribution in [0.2, 0.25) is 0 Å². The first-order chi connectivity index (χ1) is 10.8. The molecule has 0 amide bonds. The summed E-state index contributed by atoms with van der Waals surface area (Å²) in [4.78, 5) is 23.8. The smallest absolute Gasteiger partial charge is 0.341 e. The number of esters is 1. The van der Waals surface area contributed by atoms with Gasteiger partial charge in [0.05, 0.1) is 20.8 Å². The van der Waals surface area contributed by atoms with Crippen molar-refractivity contribution in [2.75, 3.05) is 20.8 Å². The molecule has 0 saturated heterocycles. The molecular formula is C17H22O6. The van der Waals surface area contributed by atoms with Crippen molar-refractivity contribution in [3.05, 3.63) is 23.3 Å². The summed E-state index contributed by atoms with van der Waals surface area (Å²) in [5.74, 6) is -0.731. The van der Waals surface area contributed by atoms with Crippen LogP contribution in [0.3, 0.4) is 0 Å². The van der Waals surface area contributed by atoms with Gasteiger partial charge in [-0.15, -0.1) is 0 Å². The highest BCUT2D eigenvalue weighted by molar-refractivity contribution is 6.19. The summed E-state index contributed by atoms with van der Waals surface area (Å²) < 4.78 is 15.2. The second-order valence-electron chi connectivity index (χ2n) is 5.38. The fourth-order valence-corrected chi connectivity index (χ4v) is 1.79. The molecule has 0 unspecified atom stereocenters. The van der Waals surface area contributed by atoms with E-state index in [2.05, 4.69) is 0 Å². The summed E-state index contributed by atoms with van der Waals surface area (Å²) in [6.45, 7) is 5.32. The lowest BCUT2D eigenvalue weighted by Gasteiger charge is -2.11. The van der Waals surface area contributed by atoms with E-state index in [0.717, 1.165) is 0 Å². The molecule has 126 valence electrons. The fourth-order valence-electron chi connectivity index (χ4n) is 1.79. The second kappa shape index (κ2) is 8.22. The van der Waals surface area contributed by atoms with Gasteiger partial charge in [-0.3, -0.25) is 4.79 Å². The van der Waals surface area contributed by atoms with Crippen molar-refractivity contribution in [2.45, 2.75) is 20.8 Å². The van der Waals surface area contributed by atoms with E-state index in [-0.39, 0.29) is 35.3 Å². The molecule has 1 aromatic rings. The minimum Gasteiger partial charge on any atom is -0.502 e. The first-order valence-corrected chi connectivity index (χ1v) is 7.14. The molecule has 0 bridgehead atoms. The molecule has 0 aliphatic rings. The molecule has 1 N–H and O–H groups in total. The predicted molar refractivity (Wildman–Crippen MR) is 85.7 cm³/mol. The van der Waals surface area contributed by atoms with Gasteiger partial charge in [0.1, 0.15) is 5.57 Å². The number of benzene rings is 1. The van der Waals surface area contributed by atoms with Crippen LogP contribution in [0, 0.1) is 5.92 Å². The topological polar surface area (TPSA) is 82.1 Å². The standard InChI is InChI=1S/C17H22O6/c1-10(2)9-23-17(20)13(11(3)18)6-12-7-14(21-4)16(19)15(8-12)22-5/h6-8,10,19H,9H2,1-5H3/b13-6+. The predicted octanol–water partition coefficient (Wildman–Crippen LogP) is 2.58. The number of phenolic OH excluding ortho intramolecular Hbond substituents is 1. The van der Waals surface area contributed by atoms with Crippen LogP contribution in [-0.2, 0) is 14.3 Å². The van der Waals surface area contributed by atoms with Crippen molar-refractivity contribution in [3.8, 4) is 17.2 Å². The molecule has 0 atom stereocenters. The normalized spacial score (nSPS) is 11.3. The van der Waals surface area contributed by atoms with Crippen molar-refractivity contribution >= 4 is 17.8 Å². The van der Waals surface area contributed by atoms with Gasteiger partial charge < -0.3 is 19.3 Å². The van der Waals surface area contributed by atoms with E-state index >= 15 is 0 Å². The van der Waals surface area contributed by atoms with Gasteiger partial charge in [0.2, 0.25) is 5.75 Å². The molecule has 0 aliphatic carbocycles. The van der Waals surface area contributed by atoms with Crippen molar-refractivity contribution in [2.24, 2.45) is 5.92 Å². The van der Waals surface area contributed by atoms with E-state index in [1.807, 2.05) is 13.8 Å². The summed E-state index contributed by atoms with van der Waals surface area (Å²) in [5.41, 5.74) is 0.392. The Hall–Kier alpha value is -2.50. The van der Waals surface area contributed by atoms with Gasteiger partial charge in [0.25, 0.3) is 0 Å². The van der Waals surface area contributed by atoms with Crippen LogP contribution in [-0.4, -0.2) is 37.7 Å². The third kappa shape index (κ3) is 5.02. The lowest BCUT2D eigenvalue weighted by molar-refractivity contribution is -0.141. The summed E-state index contributed by atoms with van der Waals surface area (Å²) in [6.07, 6.45) is 1.38. The molecule has 1 rings (SSSR count). The minimum atomic E-state index is -0.683. The van der Waals surface area contributed by atoms with Crippen LogP contribution in [0.5, 0.6) is 17.2 Å². The van der Waals surface area contributed by atoms with Crippen molar-refractivity contribution < 1.29 is 28.9 Å². The number of Topliss-reactive ketones (excluding diaryl/α,β-unsaturated/α-hetero) is 1. The molecule has 0 radical (unpaired) electrons. The van der Waals surface area contributed by atoms with Crippen molar-refractivity contribution in [3.63, 3.8) is 0 Å². The number of methoxy groups -OCH3 is 2. The number of phenols is 1. The molecule has 23 heavy (non-hydrogen) atoms. The molecule has 0 spiro atoms. The first kappa shape index (κ1) is 18.5. The molecule has 0 saturated carbocycles. The fraction of sp³-hybridized carbons (Fsp3) is 0.412. The highest BCUT2D eigenvalue weighted by Crippen LogP contribution is 2.37. The highest BCUT2D eigenvalue weighted by atomic mass is 16.5. The molecule has 6 nitrogen and oxygen atoms in total. The quantitative estimate of drug-likeness (QED) is 0.360. The lowest BCUT2D eigenvalue weighted by Crippen LogP contribution is -2.16. The summed E-state index contributed by atoms with van der Waals surface area (Å²) in [7, 11) is 2.79. The Morgan fingerprint density at radius 1 is 1.17 bits per heavy atom. The van der Waals surface area contributed by atoms with Gasteiger partial charge in [-0.2, -0.15) is 0 Å². The van der Waals surface area contributed by atoms with Crippen LogP contribution in [0.15, 0.2) is 17.7 Å². The monoisotopic (exact) mass is 322 g/mol. The number of aromatic hydroxyl groups is 1. The third-order valence-electron chi connectivity index (χ3n) is 2.96. The van der Waals surface area contributed by atoms with Crippen molar-refractivity contribution in [1.29, 1.82) is 0 Å². The zero-order valence-corrected chi connectivity index (χ0v) is 14.0. The number of ketones is 1. The van der Waals surface area contributed by atoms with Crippen LogP contribution >= 0.6 is 0 Å². The maximum absolute atomic E-state index is 12.0. The number of ether oxygens (including phenoxy) is 3. The molecular weight excluding hydrogens is 300 g/mol. The Kier molecular flexibility index (Phi) is 6.63. The van der Waals surface area contributed by atoms with Gasteiger partial charge in [0.15, 0.2) is 17.3 Å². The molecule has 6 heteroatoms. The van der Waals surface area contributed by atoms with Crippen LogP contribution in [0.1, 0.15) is 26.3 Å². The summed E-state index contributed by atoms with van der Waals surface area (Å²) in [6, 6.07) is 2.99. The average molecular weight is 322 g/mol. The van der Waals surface area contributed by atoms with Gasteiger partial charge in [-0.1, -0.05) is 13.8 Å². The van der Waals surface area contributed by atoms with E-state index < -0.39 is 11.8 Å². The average Bonchev–Trinajstić information content (AvgIpc) is 2.50. The summed E-state index contributed by atoms with van der Waals surface area (Å²) in [5, 5.41) is 9.88. The Bertz CT molecular complexity index is 591. The number of hydrogen-bond donors (Lipinski definition) is 1. The Morgan fingerprint density at radius 2 is 1.70 bits per heavy atom. The van der Waals surface area contributed by atoms with E-state index in [1.165, 1.54) is 39.4 Å². The minimum absolute atomic E-state index is 0.0829. The highest BCUT2D eigenvalue weighted by Gasteiger charge is 2.18. The zero-order chi connectivity index (χ0) is 17.6. The number of carbonyl (C=O) groups excluding carboxylic acids is 2. The van der Waals surface area contributed by atoms with E-state index in [9.17, 15) is 14.7 Å². The molecule has 1 aromatic carbocycles. The van der Waals surface area contributed by atoms with E-state index in [0.29, 0.717) is 5.56 Å². The number of rotatable bonds is 7. The number of hydrogen-bond acceptors (Lipinski definition) is 6. The van der Waals surface area contributed by atoms with Crippen molar-refractivity contribution in [1.82, 2.24) is 0 Å². The second-order valence-corrected chi connectivity index (χ2v) is 5.38. The van der Waals surface area contributed by atoms with Crippen LogP contribution in [0.25, 0.3) is 6.08 Å². The lowest BCUT2D eigenvalue weighted by atomic mass is 10.1. The van der Waals surface area contributed by atoms with Gasteiger partial charge >= 0.3 is 5.97 Å². The summed E-state index contributed by atoms with van der Waals surface area (Å²) >= 11 is 0. The Balaban J connectivity index is 3.22. The Morgan fingerprint density at radius 3 is 2.09 bits per heavy atom. The van der Waals surface area contributed by atoms with E-state index in [1.54, 1.807) is 0 Å². The SMILES string of the molecule is COc1cc(/C=C(\C(C)=O)C(=O)OCC(C)C)cc(OC)c1O. The first-order valence-electron chi connectivity index (χ1n) is 7.14. The molecule has 0 aromatic heterocycles. The molecule has 0 heterocycles. The van der Waals surface area contributed by atoms with Gasteiger partial charge in [-0.25, -0.2) is 4.79 Å². The zero-order valence-electron chi connectivity index (χ0n) is 14.0. The van der Waals surface area contributed by atoms with Gasteiger partial charge in [-0.05, 0) is 36.6 Å². The van der Waals surface area contributed by atoms with Crippen LogP contribution in [0.4, 0.5) is 0 Å². The third-order valence-corrected chi connectivity index (χ3v) is 2.96. The number of carbonyl (C=O) groups is 2. The Labute approximate surface area is 135 Å². The maximum Gasteiger partial charge on any atom is 0.341 e. The van der Waals surface area contributed by atoms with E-state index in [4.69, 9.17) is 14.2 Å². The van der Waals surface area contributed by atoms with Crippen LogP contribution < -0.4 is 9.47 Å². The molecule has 0 fully saturated rings. The maximum atomic E-state index is 12.0. The largest absolute Gasteiger partial charge is 0.502 e. The van der Waals surface area contributed by atoms with Gasteiger partial charge in [0, 0.05) is 0 Å². The molecule has 0 aliphatic heterocycles.